The molecule has 0 aliphatic heterocycles. The van der Waals surface area contributed by atoms with Crippen molar-refractivity contribution in [2.45, 2.75) is 13.8 Å². The monoisotopic (exact) mass is 413 g/mol. The number of halogens is 1. The van der Waals surface area contributed by atoms with E-state index in [0.29, 0.717) is 12.1 Å². The van der Waals surface area contributed by atoms with Crippen molar-refractivity contribution in [3.63, 3.8) is 0 Å². The van der Waals surface area contributed by atoms with Crippen LogP contribution in [0.15, 0.2) is 29.2 Å². The summed E-state index contributed by atoms with van der Waals surface area (Å²) in [5, 5.41) is 0.550. The SMILES string of the molecule is CCN(CC)CN(C)C(=O)c1c[nH]c2ccc(I)cc2c1=O. The summed E-state index contributed by atoms with van der Waals surface area (Å²) < 4.78 is 0.969. The first-order valence-electron chi connectivity index (χ1n) is 7.26. The van der Waals surface area contributed by atoms with Crippen LogP contribution in [0.25, 0.3) is 10.9 Å². The van der Waals surface area contributed by atoms with Crippen molar-refractivity contribution < 1.29 is 4.79 Å². The van der Waals surface area contributed by atoms with Crippen molar-refractivity contribution in [3.8, 4) is 0 Å². The standard InChI is InChI=1S/C16H20IN3O2/c1-4-20(5-2)10-19(3)16(22)13-9-18-14-7-6-11(17)8-12(14)15(13)21/h6-9H,4-5,10H2,1-3H3,(H,18,21). The van der Waals surface area contributed by atoms with Crippen molar-refractivity contribution in [1.82, 2.24) is 14.8 Å². The number of pyridine rings is 1. The number of benzene rings is 1. The van der Waals surface area contributed by atoms with Gasteiger partial charge in [-0.1, -0.05) is 13.8 Å². The molecule has 0 aliphatic rings. The smallest absolute Gasteiger partial charge is 0.260 e. The van der Waals surface area contributed by atoms with Crippen LogP contribution in [0.4, 0.5) is 0 Å². The molecule has 0 bridgehead atoms. The van der Waals surface area contributed by atoms with Gasteiger partial charge in [-0.25, -0.2) is 0 Å². The maximum atomic E-state index is 12.6. The molecule has 2 rings (SSSR count). The van der Waals surface area contributed by atoms with Crippen molar-refractivity contribution in [2.24, 2.45) is 0 Å². The molecule has 1 heterocycles. The Morgan fingerprint density at radius 1 is 1.27 bits per heavy atom. The molecule has 0 atom stereocenters. The highest BCUT2D eigenvalue weighted by atomic mass is 127. The Morgan fingerprint density at radius 2 is 1.95 bits per heavy atom. The summed E-state index contributed by atoms with van der Waals surface area (Å²) in [5.74, 6) is -0.256. The second kappa shape index (κ2) is 7.23. The van der Waals surface area contributed by atoms with Gasteiger partial charge in [0.1, 0.15) is 5.56 Å². The number of rotatable bonds is 5. The zero-order valence-electron chi connectivity index (χ0n) is 13.0. The number of amides is 1. The first-order valence-corrected chi connectivity index (χ1v) is 8.34. The number of hydrogen-bond donors (Lipinski definition) is 1. The third kappa shape index (κ3) is 3.49. The van der Waals surface area contributed by atoms with E-state index in [1.54, 1.807) is 18.0 Å². The number of hydrogen-bond acceptors (Lipinski definition) is 3. The topological polar surface area (TPSA) is 56.4 Å². The van der Waals surface area contributed by atoms with Gasteiger partial charge >= 0.3 is 0 Å². The number of carbonyl (C=O) groups is 1. The highest BCUT2D eigenvalue weighted by Gasteiger charge is 2.18. The number of H-pyrrole nitrogens is 1. The van der Waals surface area contributed by atoms with Crippen molar-refractivity contribution in [1.29, 1.82) is 0 Å². The molecule has 1 aromatic heterocycles. The maximum Gasteiger partial charge on any atom is 0.260 e. The van der Waals surface area contributed by atoms with Gasteiger partial charge < -0.3 is 9.88 Å². The molecule has 6 heteroatoms. The lowest BCUT2D eigenvalue weighted by atomic mass is 10.1. The normalized spacial score (nSPS) is 11.1. The molecule has 5 nitrogen and oxygen atoms in total. The molecule has 2 aromatic rings. The molecule has 0 saturated heterocycles. The molecular formula is C16H20IN3O2. The number of nitrogens with zero attached hydrogens (tertiary/aromatic N) is 2. The van der Waals surface area contributed by atoms with Crippen molar-refractivity contribution in [2.75, 3.05) is 26.8 Å². The Balaban J connectivity index is 2.36. The minimum Gasteiger partial charge on any atom is -0.360 e. The first kappa shape index (κ1) is 17.0. The average molecular weight is 413 g/mol. The van der Waals surface area contributed by atoms with Crippen LogP contribution in [0.2, 0.25) is 0 Å². The molecular weight excluding hydrogens is 393 g/mol. The van der Waals surface area contributed by atoms with Crippen LogP contribution in [0.1, 0.15) is 24.2 Å². The predicted molar refractivity (Wildman–Crippen MR) is 97.2 cm³/mol. The van der Waals surface area contributed by atoms with E-state index in [4.69, 9.17) is 0 Å². The molecule has 0 aliphatic carbocycles. The van der Waals surface area contributed by atoms with Crippen molar-refractivity contribution >= 4 is 39.4 Å². The molecule has 0 spiro atoms. The third-order valence-electron chi connectivity index (χ3n) is 3.73. The Morgan fingerprint density at radius 3 is 2.59 bits per heavy atom. The number of fused-ring (bicyclic) bond motifs is 1. The van der Waals surface area contributed by atoms with Gasteiger partial charge in [-0.15, -0.1) is 0 Å². The largest absolute Gasteiger partial charge is 0.360 e. The van der Waals surface area contributed by atoms with E-state index in [2.05, 4.69) is 32.5 Å². The number of aromatic nitrogens is 1. The van der Waals surface area contributed by atoms with Crippen molar-refractivity contribution in [3.05, 3.63) is 43.8 Å². The zero-order valence-corrected chi connectivity index (χ0v) is 15.2. The van der Waals surface area contributed by atoms with Crippen LogP contribution in [-0.4, -0.2) is 47.5 Å². The van der Waals surface area contributed by atoms with Gasteiger partial charge in [-0.2, -0.15) is 0 Å². The second-order valence-corrected chi connectivity index (χ2v) is 6.41. The highest BCUT2D eigenvalue weighted by molar-refractivity contribution is 14.1. The number of nitrogens with one attached hydrogen (secondary N) is 1. The summed E-state index contributed by atoms with van der Waals surface area (Å²) in [6.45, 7) is 6.33. The number of carbonyl (C=O) groups excluding carboxylic acids is 1. The summed E-state index contributed by atoms with van der Waals surface area (Å²) >= 11 is 2.16. The molecule has 0 fully saturated rings. The molecule has 0 unspecified atom stereocenters. The Bertz CT molecular complexity index is 738. The summed E-state index contributed by atoms with van der Waals surface area (Å²) in [6.07, 6.45) is 1.51. The van der Waals surface area contributed by atoms with E-state index in [1.165, 1.54) is 6.20 Å². The number of aromatic amines is 1. The fraction of sp³-hybridized carbons (Fsp3) is 0.375. The van der Waals surface area contributed by atoms with Crippen LogP contribution >= 0.6 is 22.6 Å². The fourth-order valence-corrected chi connectivity index (χ4v) is 2.83. The molecule has 0 saturated carbocycles. The van der Waals surface area contributed by atoms with Crippen LogP contribution < -0.4 is 5.43 Å². The van der Waals surface area contributed by atoms with E-state index < -0.39 is 0 Å². The lowest BCUT2D eigenvalue weighted by Gasteiger charge is -2.25. The zero-order chi connectivity index (χ0) is 16.3. The molecule has 1 N–H and O–H groups in total. The predicted octanol–water partition coefficient (Wildman–Crippen LogP) is 2.50. The minimum atomic E-state index is -0.256. The lowest BCUT2D eigenvalue weighted by Crippen LogP contribution is -2.40. The van der Waals surface area contributed by atoms with Gasteiger partial charge in [-0.05, 0) is 53.9 Å². The summed E-state index contributed by atoms with van der Waals surface area (Å²) in [6, 6.07) is 5.58. The lowest BCUT2D eigenvalue weighted by molar-refractivity contribution is 0.0695. The Kier molecular flexibility index (Phi) is 5.57. The molecule has 1 aromatic carbocycles. The van der Waals surface area contributed by atoms with Crippen LogP contribution in [-0.2, 0) is 0 Å². The van der Waals surface area contributed by atoms with Gasteiger partial charge in [0.15, 0.2) is 0 Å². The van der Waals surface area contributed by atoms with E-state index in [-0.39, 0.29) is 16.9 Å². The summed E-state index contributed by atoms with van der Waals surface area (Å²) in [4.78, 5) is 31.8. The third-order valence-corrected chi connectivity index (χ3v) is 4.40. The molecule has 0 radical (unpaired) electrons. The van der Waals surface area contributed by atoms with Gasteiger partial charge in [0.05, 0.1) is 6.67 Å². The Hall–Kier alpha value is -1.41. The van der Waals surface area contributed by atoms with E-state index in [1.807, 2.05) is 26.0 Å². The minimum absolute atomic E-state index is 0.184. The van der Waals surface area contributed by atoms with Gasteiger partial charge in [0.2, 0.25) is 5.43 Å². The molecule has 118 valence electrons. The average Bonchev–Trinajstić information content (AvgIpc) is 2.52. The quantitative estimate of drug-likeness (QED) is 0.606. The van der Waals surface area contributed by atoms with Crippen LogP contribution in [0.5, 0.6) is 0 Å². The van der Waals surface area contributed by atoms with E-state index >= 15 is 0 Å². The summed E-state index contributed by atoms with van der Waals surface area (Å²) in [7, 11) is 1.72. The molecule has 1 amide bonds. The van der Waals surface area contributed by atoms with Crippen LogP contribution in [0, 0.1) is 3.57 Å². The maximum absolute atomic E-state index is 12.6. The van der Waals surface area contributed by atoms with Gasteiger partial charge in [0, 0.05) is 27.7 Å². The second-order valence-electron chi connectivity index (χ2n) is 5.17. The summed E-state index contributed by atoms with van der Waals surface area (Å²) in [5.41, 5.74) is 0.709. The Labute approximate surface area is 143 Å². The van der Waals surface area contributed by atoms with E-state index in [0.717, 1.165) is 22.2 Å². The molecule has 22 heavy (non-hydrogen) atoms. The fourth-order valence-electron chi connectivity index (χ4n) is 2.34. The van der Waals surface area contributed by atoms with Crippen LogP contribution in [0.3, 0.4) is 0 Å². The van der Waals surface area contributed by atoms with E-state index in [9.17, 15) is 9.59 Å². The first-order chi connectivity index (χ1) is 10.5. The highest BCUT2D eigenvalue weighted by Crippen LogP contribution is 2.13. The van der Waals surface area contributed by atoms with Gasteiger partial charge in [-0.3, -0.25) is 14.5 Å². The van der Waals surface area contributed by atoms with Gasteiger partial charge in [0.25, 0.3) is 5.91 Å².